The molecule has 0 aliphatic carbocycles. The van der Waals surface area contributed by atoms with E-state index >= 15 is 0 Å². The number of aryl methyl sites for hydroxylation is 1. The van der Waals surface area contributed by atoms with E-state index < -0.39 is 6.67 Å². The van der Waals surface area contributed by atoms with Crippen molar-refractivity contribution in [1.82, 2.24) is 9.78 Å². The molecule has 0 spiro atoms. The van der Waals surface area contributed by atoms with Crippen molar-refractivity contribution in [2.75, 3.05) is 6.67 Å². The van der Waals surface area contributed by atoms with Crippen molar-refractivity contribution >= 4 is 17.6 Å². The summed E-state index contributed by atoms with van der Waals surface area (Å²) >= 11 is 1.54. The molecule has 2 aromatic rings. The van der Waals surface area contributed by atoms with Gasteiger partial charge in [-0.05, 0) is 11.4 Å². The predicted molar refractivity (Wildman–Crippen MR) is 56.9 cm³/mol. The normalized spacial score (nSPS) is 10.5. The first-order valence-electron chi connectivity index (χ1n) is 4.46. The van der Waals surface area contributed by atoms with Crippen molar-refractivity contribution in [3.8, 4) is 11.3 Å². The van der Waals surface area contributed by atoms with Gasteiger partial charge in [0.15, 0.2) is 6.29 Å². The molecule has 0 aliphatic heterocycles. The Morgan fingerprint density at radius 3 is 3.07 bits per heavy atom. The summed E-state index contributed by atoms with van der Waals surface area (Å²) in [4.78, 5) is 10.8. The van der Waals surface area contributed by atoms with Crippen molar-refractivity contribution in [1.29, 1.82) is 0 Å². The molecule has 0 fully saturated rings. The van der Waals surface area contributed by atoms with Gasteiger partial charge in [0.2, 0.25) is 0 Å². The molecule has 78 valence electrons. The fourth-order valence-corrected chi connectivity index (χ4v) is 1.99. The summed E-state index contributed by atoms with van der Waals surface area (Å²) in [6.07, 6.45) is 2.31. The lowest BCUT2D eigenvalue weighted by molar-refractivity contribution is 0.112. The number of alkyl halides is 1. The molecule has 0 N–H and O–H groups in total. The number of carbonyl (C=O) groups excluding carboxylic acids is 1. The second kappa shape index (κ2) is 4.35. The molecule has 0 aliphatic rings. The molecule has 0 aromatic carbocycles. The lowest BCUT2D eigenvalue weighted by atomic mass is 10.2. The van der Waals surface area contributed by atoms with Gasteiger partial charge in [-0.15, -0.1) is 0 Å². The molecule has 0 radical (unpaired) electrons. The van der Waals surface area contributed by atoms with E-state index in [1.54, 1.807) is 6.20 Å². The standard InChI is InChI=1S/C10H9FN2OS/c11-2-3-13-5-9(6-14)10(12-13)8-1-4-15-7-8/h1,4-7H,2-3H2. The Labute approximate surface area is 90.2 Å². The minimum Gasteiger partial charge on any atom is -0.298 e. The number of aldehydes is 1. The molecule has 0 bridgehead atoms. The van der Waals surface area contributed by atoms with Gasteiger partial charge in [-0.25, -0.2) is 4.39 Å². The zero-order valence-electron chi connectivity index (χ0n) is 7.89. The van der Waals surface area contributed by atoms with Crippen LogP contribution in [0, 0.1) is 0 Å². The Morgan fingerprint density at radius 2 is 2.47 bits per heavy atom. The first-order chi connectivity index (χ1) is 7.35. The van der Waals surface area contributed by atoms with Crippen molar-refractivity contribution < 1.29 is 9.18 Å². The average molecular weight is 224 g/mol. The third kappa shape index (κ3) is 1.97. The van der Waals surface area contributed by atoms with Crippen LogP contribution in [-0.2, 0) is 6.54 Å². The Balaban J connectivity index is 2.41. The molecule has 0 unspecified atom stereocenters. The van der Waals surface area contributed by atoms with Crippen LogP contribution >= 0.6 is 11.3 Å². The van der Waals surface area contributed by atoms with Crippen LogP contribution in [0.3, 0.4) is 0 Å². The molecular weight excluding hydrogens is 215 g/mol. The summed E-state index contributed by atoms with van der Waals surface area (Å²) in [5.74, 6) is 0. The van der Waals surface area contributed by atoms with E-state index in [9.17, 15) is 9.18 Å². The summed E-state index contributed by atoms with van der Waals surface area (Å²) in [5, 5.41) is 7.99. The van der Waals surface area contributed by atoms with E-state index in [1.165, 1.54) is 16.0 Å². The highest BCUT2D eigenvalue weighted by atomic mass is 32.1. The number of hydrogen-bond acceptors (Lipinski definition) is 3. The van der Waals surface area contributed by atoms with Crippen LogP contribution in [-0.4, -0.2) is 22.7 Å². The summed E-state index contributed by atoms with van der Waals surface area (Å²) in [6, 6.07) is 1.89. The van der Waals surface area contributed by atoms with Crippen LogP contribution in [0.25, 0.3) is 11.3 Å². The smallest absolute Gasteiger partial charge is 0.153 e. The van der Waals surface area contributed by atoms with E-state index in [2.05, 4.69) is 5.10 Å². The second-order valence-electron chi connectivity index (χ2n) is 3.01. The van der Waals surface area contributed by atoms with Crippen molar-refractivity contribution in [3.63, 3.8) is 0 Å². The highest BCUT2D eigenvalue weighted by Crippen LogP contribution is 2.23. The zero-order valence-corrected chi connectivity index (χ0v) is 8.71. The van der Waals surface area contributed by atoms with Gasteiger partial charge < -0.3 is 0 Å². The highest BCUT2D eigenvalue weighted by Gasteiger charge is 2.10. The molecular formula is C10H9FN2OS. The number of halogens is 1. The Morgan fingerprint density at radius 1 is 1.60 bits per heavy atom. The van der Waals surface area contributed by atoms with Gasteiger partial charge in [-0.1, -0.05) is 0 Å². The number of aromatic nitrogens is 2. The molecule has 0 saturated heterocycles. The molecule has 0 amide bonds. The second-order valence-corrected chi connectivity index (χ2v) is 3.80. The number of rotatable bonds is 4. The van der Waals surface area contributed by atoms with E-state index in [-0.39, 0.29) is 6.54 Å². The van der Waals surface area contributed by atoms with Gasteiger partial charge in [0, 0.05) is 17.1 Å². The average Bonchev–Trinajstić information content (AvgIpc) is 2.84. The number of thiophene rings is 1. The molecule has 0 atom stereocenters. The van der Waals surface area contributed by atoms with Gasteiger partial charge >= 0.3 is 0 Å². The molecule has 3 nitrogen and oxygen atoms in total. The SMILES string of the molecule is O=Cc1cn(CCF)nc1-c1ccsc1. The summed E-state index contributed by atoms with van der Waals surface area (Å²) in [6.45, 7) is -0.298. The van der Waals surface area contributed by atoms with Crippen LogP contribution in [0.15, 0.2) is 23.0 Å². The Bertz CT molecular complexity index is 450. The monoisotopic (exact) mass is 224 g/mol. The number of carbonyl (C=O) groups is 1. The maximum absolute atomic E-state index is 12.1. The molecule has 2 aromatic heterocycles. The lowest BCUT2D eigenvalue weighted by Gasteiger charge is -1.93. The molecule has 2 rings (SSSR count). The van der Waals surface area contributed by atoms with Crippen LogP contribution in [0.5, 0.6) is 0 Å². The van der Waals surface area contributed by atoms with Gasteiger partial charge in [0.1, 0.15) is 12.4 Å². The highest BCUT2D eigenvalue weighted by molar-refractivity contribution is 7.08. The maximum Gasteiger partial charge on any atom is 0.153 e. The van der Waals surface area contributed by atoms with Gasteiger partial charge in [0.05, 0.1) is 12.1 Å². The van der Waals surface area contributed by atoms with Crippen molar-refractivity contribution in [3.05, 3.63) is 28.6 Å². The third-order valence-corrected chi connectivity index (χ3v) is 2.71. The van der Waals surface area contributed by atoms with Crippen LogP contribution in [0.1, 0.15) is 10.4 Å². The van der Waals surface area contributed by atoms with E-state index in [0.29, 0.717) is 11.3 Å². The zero-order chi connectivity index (χ0) is 10.7. The first kappa shape index (κ1) is 10.0. The molecule has 0 saturated carbocycles. The third-order valence-electron chi connectivity index (χ3n) is 2.03. The maximum atomic E-state index is 12.1. The molecule has 2 heterocycles. The Kier molecular flexibility index (Phi) is 2.91. The minimum absolute atomic E-state index is 0.185. The van der Waals surface area contributed by atoms with Crippen LogP contribution < -0.4 is 0 Å². The minimum atomic E-state index is -0.483. The van der Waals surface area contributed by atoms with Gasteiger partial charge in [-0.3, -0.25) is 9.48 Å². The van der Waals surface area contributed by atoms with Gasteiger partial charge in [-0.2, -0.15) is 16.4 Å². The first-order valence-corrected chi connectivity index (χ1v) is 5.40. The quantitative estimate of drug-likeness (QED) is 0.747. The largest absolute Gasteiger partial charge is 0.298 e. The lowest BCUT2D eigenvalue weighted by Crippen LogP contribution is -1.99. The fraction of sp³-hybridized carbons (Fsp3) is 0.200. The van der Waals surface area contributed by atoms with Crippen LogP contribution in [0.4, 0.5) is 4.39 Å². The van der Waals surface area contributed by atoms with Crippen LogP contribution in [0.2, 0.25) is 0 Å². The topological polar surface area (TPSA) is 34.9 Å². The van der Waals surface area contributed by atoms with Crippen molar-refractivity contribution in [2.24, 2.45) is 0 Å². The molecule has 5 heteroatoms. The summed E-state index contributed by atoms with van der Waals surface area (Å²) < 4.78 is 13.6. The van der Waals surface area contributed by atoms with E-state index in [1.807, 2.05) is 16.8 Å². The van der Waals surface area contributed by atoms with E-state index in [4.69, 9.17) is 0 Å². The van der Waals surface area contributed by atoms with Crippen molar-refractivity contribution in [2.45, 2.75) is 6.54 Å². The van der Waals surface area contributed by atoms with Gasteiger partial charge in [0.25, 0.3) is 0 Å². The Hall–Kier alpha value is -1.49. The fourth-order valence-electron chi connectivity index (χ4n) is 1.35. The number of hydrogen-bond donors (Lipinski definition) is 0. The van der Waals surface area contributed by atoms with E-state index in [0.717, 1.165) is 11.8 Å². The molecule has 15 heavy (non-hydrogen) atoms. The summed E-state index contributed by atoms with van der Waals surface area (Å²) in [7, 11) is 0. The predicted octanol–water partition coefficient (Wildman–Crippen LogP) is 2.39. The summed E-state index contributed by atoms with van der Waals surface area (Å²) in [5.41, 5.74) is 2.03. The number of nitrogens with zero attached hydrogens (tertiary/aromatic N) is 2.